The Morgan fingerprint density at radius 2 is 1.76 bits per heavy atom. The molecule has 3 aromatic heterocycles. The maximum Gasteiger partial charge on any atom is 0.416 e. The molecule has 3 heterocycles. The molecule has 196 valence electrons. The van der Waals surface area contributed by atoms with Gasteiger partial charge in [0.25, 0.3) is 0 Å². The second-order valence-electron chi connectivity index (χ2n) is 8.88. The van der Waals surface area contributed by atoms with Gasteiger partial charge in [0.2, 0.25) is 5.95 Å². The van der Waals surface area contributed by atoms with E-state index in [2.05, 4.69) is 15.1 Å². The second-order valence-corrected chi connectivity index (χ2v) is 8.88. The Morgan fingerprint density at radius 1 is 1.00 bits per heavy atom. The zero-order valence-corrected chi connectivity index (χ0v) is 20.9. The highest BCUT2D eigenvalue weighted by Crippen LogP contribution is 2.35. The smallest absolute Gasteiger partial charge is 0.416 e. The third kappa shape index (κ3) is 4.86. The molecule has 0 bridgehead atoms. The number of ether oxygens (including phenoxy) is 2. The van der Waals surface area contributed by atoms with E-state index in [1.807, 2.05) is 42.9 Å². The number of rotatable bonds is 7. The van der Waals surface area contributed by atoms with Crippen LogP contribution in [-0.4, -0.2) is 31.4 Å². The molecule has 2 N–H and O–H groups in total. The molecule has 11 heteroatoms. The van der Waals surface area contributed by atoms with Gasteiger partial charge >= 0.3 is 6.18 Å². The molecule has 8 nitrogen and oxygen atoms in total. The summed E-state index contributed by atoms with van der Waals surface area (Å²) >= 11 is 0. The van der Waals surface area contributed by atoms with Gasteiger partial charge in [0.1, 0.15) is 12.1 Å². The lowest BCUT2D eigenvalue weighted by molar-refractivity contribution is -0.137. The van der Waals surface area contributed by atoms with Crippen LogP contribution in [0.25, 0.3) is 22.3 Å². The molecule has 0 aliphatic carbocycles. The van der Waals surface area contributed by atoms with Gasteiger partial charge in [-0.2, -0.15) is 18.3 Å². The number of nitrogens with zero attached hydrogens (tertiary/aromatic N) is 5. The van der Waals surface area contributed by atoms with E-state index in [4.69, 9.17) is 15.2 Å². The van der Waals surface area contributed by atoms with E-state index in [1.54, 1.807) is 23.1 Å². The Hall–Kier alpha value is -4.54. The van der Waals surface area contributed by atoms with Gasteiger partial charge < -0.3 is 15.2 Å². The Kier molecular flexibility index (Phi) is 6.43. The third-order valence-corrected chi connectivity index (χ3v) is 6.33. The molecule has 0 saturated carbocycles. The molecule has 1 atom stereocenters. The van der Waals surface area contributed by atoms with Crippen molar-refractivity contribution < 1.29 is 22.6 Å². The lowest BCUT2D eigenvalue weighted by Crippen LogP contribution is -2.11. The number of nitrogens with two attached hydrogens (primary N) is 1. The minimum Gasteiger partial charge on any atom is -0.493 e. The highest BCUT2D eigenvalue weighted by atomic mass is 19.4. The molecule has 0 aliphatic heterocycles. The van der Waals surface area contributed by atoms with Crippen LogP contribution in [-0.2, 0) is 19.8 Å². The van der Waals surface area contributed by atoms with E-state index in [1.165, 1.54) is 19.2 Å². The Bertz CT molecular complexity index is 1590. The fraction of sp³-hybridized carbons (Fsp3) is 0.222. The van der Waals surface area contributed by atoms with Crippen LogP contribution in [0.3, 0.4) is 0 Å². The minimum absolute atomic E-state index is 0.0890. The number of methoxy groups -OCH3 is 1. The van der Waals surface area contributed by atoms with Crippen molar-refractivity contribution in [2.24, 2.45) is 7.05 Å². The van der Waals surface area contributed by atoms with E-state index in [0.717, 1.165) is 28.8 Å². The number of pyridine rings is 1. The Morgan fingerprint density at radius 3 is 2.42 bits per heavy atom. The van der Waals surface area contributed by atoms with Gasteiger partial charge in [0.05, 0.1) is 24.9 Å². The topological polar surface area (TPSA) is 93.0 Å². The van der Waals surface area contributed by atoms with Crippen molar-refractivity contribution in [3.63, 3.8) is 0 Å². The van der Waals surface area contributed by atoms with Gasteiger partial charge in [0, 0.05) is 30.6 Å². The molecule has 0 saturated heterocycles. The molecule has 5 rings (SSSR count). The maximum atomic E-state index is 12.8. The first-order chi connectivity index (χ1) is 18.1. The van der Waals surface area contributed by atoms with Crippen LogP contribution >= 0.6 is 0 Å². The molecule has 0 aliphatic rings. The molecule has 0 spiro atoms. The van der Waals surface area contributed by atoms with E-state index in [9.17, 15) is 13.2 Å². The predicted octanol–water partition coefficient (Wildman–Crippen LogP) is 5.63. The number of nitrogen functional groups attached to an aromatic ring is 1. The summed E-state index contributed by atoms with van der Waals surface area (Å²) in [5, 5.41) is 4.21. The highest BCUT2D eigenvalue weighted by molar-refractivity contribution is 5.80. The Labute approximate surface area is 216 Å². The lowest BCUT2D eigenvalue weighted by atomic mass is 10.1. The number of hydrogen-bond acceptors (Lipinski definition) is 6. The van der Waals surface area contributed by atoms with Crippen molar-refractivity contribution in [2.75, 3.05) is 12.8 Å². The van der Waals surface area contributed by atoms with Crippen molar-refractivity contribution >= 4 is 17.1 Å². The quantitative estimate of drug-likeness (QED) is 0.298. The number of halogens is 3. The third-order valence-electron chi connectivity index (χ3n) is 6.33. The molecule has 5 aromatic rings. The molecule has 0 fully saturated rings. The molecule has 0 radical (unpaired) electrons. The van der Waals surface area contributed by atoms with E-state index < -0.39 is 11.7 Å². The summed E-state index contributed by atoms with van der Waals surface area (Å²) in [7, 11) is 3.38. The van der Waals surface area contributed by atoms with Crippen molar-refractivity contribution in [3.8, 4) is 22.6 Å². The number of aryl methyl sites for hydroxylation is 1. The molecule has 1 unspecified atom stereocenters. The highest BCUT2D eigenvalue weighted by Gasteiger charge is 2.30. The first kappa shape index (κ1) is 25.1. The minimum atomic E-state index is -4.38. The van der Waals surface area contributed by atoms with E-state index in [-0.39, 0.29) is 12.6 Å². The standard InChI is InChI=1S/C27H25F3N6O2/c1-16(36-25-22(34-26(36)31)10-19(12-32-25)20-13-33-35(2)14-20)18-6-9-23(24(11-18)37-3)38-15-17-4-7-21(8-5-17)27(28,29)30/h4-14,16H,15H2,1-3H3,(H2,31,34). The molecular formula is C27H25F3N6O2. The van der Waals surface area contributed by atoms with Crippen LogP contribution in [0.4, 0.5) is 19.1 Å². The maximum absolute atomic E-state index is 12.8. The lowest BCUT2D eigenvalue weighted by Gasteiger charge is -2.18. The van der Waals surface area contributed by atoms with Gasteiger partial charge in [-0.3, -0.25) is 9.25 Å². The average molecular weight is 523 g/mol. The van der Waals surface area contributed by atoms with E-state index in [0.29, 0.717) is 34.2 Å². The summed E-state index contributed by atoms with van der Waals surface area (Å²) in [6.45, 7) is 2.07. The van der Waals surface area contributed by atoms with Crippen LogP contribution in [0.5, 0.6) is 11.5 Å². The molecule has 38 heavy (non-hydrogen) atoms. The number of imidazole rings is 1. The fourth-order valence-corrected chi connectivity index (χ4v) is 4.27. The number of aromatic nitrogens is 5. The van der Waals surface area contributed by atoms with Crippen LogP contribution in [0.15, 0.2) is 67.1 Å². The average Bonchev–Trinajstić information content (AvgIpc) is 3.48. The first-order valence-electron chi connectivity index (χ1n) is 11.7. The summed E-state index contributed by atoms with van der Waals surface area (Å²) in [6, 6.07) is 12.0. The summed E-state index contributed by atoms with van der Waals surface area (Å²) in [6.07, 6.45) is 1.05. The second kappa shape index (κ2) is 9.73. The van der Waals surface area contributed by atoms with Crippen molar-refractivity contribution in [1.82, 2.24) is 24.3 Å². The van der Waals surface area contributed by atoms with Crippen molar-refractivity contribution in [1.29, 1.82) is 0 Å². The number of fused-ring (bicyclic) bond motifs is 1. The van der Waals surface area contributed by atoms with Crippen LogP contribution in [0.1, 0.15) is 29.7 Å². The number of alkyl halides is 3. The molecule has 2 aromatic carbocycles. The van der Waals surface area contributed by atoms with Crippen molar-refractivity contribution in [3.05, 3.63) is 83.8 Å². The van der Waals surface area contributed by atoms with Crippen LogP contribution in [0.2, 0.25) is 0 Å². The van der Waals surface area contributed by atoms with E-state index >= 15 is 0 Å². The molecular weight excluding hydrogens is 497 g/mol. The monoisotopic (exact) mass is 522 g/mol. The summed E-state index contributed by atoms with van der Waals surface area (Å²) in [4.78, 5) is 9.16. The van der Waals surface area contributed by atoms with Crippen LogP contribution in [0, 0.1) is 0 Å². The van der Waals surface area contributed by atoms with Gasteiger partial charge in [-0.15, -0.1) is 0 Å². The number of benzene rings is 2. The summed E-state index contributed by atoms with van der Waals surface area (Å²) < 4.78 is 53.4. The fourth-order valence-electron chi connectivity index (χ4n) is 4.27. The van der Waals surface area contributed by atoms with Gasteiger partial charge in [0.15, 0.2) is 17.1 Å². The molecule has 0 amide bonds. The first-order valence-corrected chi connectivity index (χ1v) is 11.7. The number of anilines is 1. The normalized spacial score (nSPS) is 12.6. The van der Waals surface area contributed by atoms with Gasteiger partial charge in [-0.05, 0) is 48.4 Å². The predicted molar refractivity (Wildman–Crippen MR) is 137 cm³/mol. The SMILES string of the molecule is COc1cc(C(C)n2c(N)nc3cc(-c4cnn(C)c4)cnc32)ccc1OCc1ccc(C(F)(F)F)cc1. The summed E-state index contributed by atoms with van der Waals surface area (Å²) in [5.74, 6) is 1.27. The summed E-state index contributed by atoms with van der Waals surface area (Å²) in [5.41, 5.74) is 10.2. The number of hydrogen-bond donors (Lipinski definition) is 1. The Balaban J connectivity index is 1.37. The largest absolute Gasteiger partial charge is 0.493 e. The zero-order valence-electron chi connectivity index (χ0n) is 20.9. The zero-order chi connectivity index (χ0) is 27.0. The van der Waals surface area contributed by atoms with Crippen molar-refractivity contribution in [2.45, 2.75) is 25.7 Å². The van der Waals surface area contributed by atoms with Crippen LogP contribution < -0.4 is 15.2 Å². The van der Waals surface area contributed by atoms with Gasteiger partial charge in [-0.25, -0.2) is 9.97 Å². The van der Waals surface area contributed by atoms with Gasteiger partial charge in [-0.1, -0.05) is 18.2 Å².